The molecule has 0 radical (unpaired) electrons. The summed E-state index contributed by atoms with van der Waals surface area (Å²) in [4.78, 5) is 16.9. The van der Waals surface area contributed by atoms with Crippen LogP contribution in [-0.4, -0.2) is 25.1 Å². The van der Waals surface area contributed by atoms with Crippen molar-refractivity contribution in [2.45, 2.75) is 11.5 Å². The number of nitrogens with zero attached hydrogens (tertiary/aromatic N) is 1. The molecule has 28 heavy (non-hydrogen) atoms. The van der Waals surface area contributed by atoms with Crippen LogP contribution in [0.3, 0.4) is 0 Å². The van der Waals surface area contributed by atoms with Crippen LogP contribution in [0.4, 0.5) is 5.13 Å². The highest BCUT2D eigenvalue weighted by atomic mass is 79.9. The number of hydrogen-bond donors (Lipinski definition) is 1. The molecule has 5 nitrogen and oxygen atoms in total. The predicted octanol–water partition coefficient (Wildman–Crippen LogP) is 5.61. The number of anilines is 1. The lowest BCUT2D eigenvalue weighted by molar-refractivity contribution is 0.102. The number of amides is 1. The number of methoxy groups -OCH3 is 2. The standard InChI is InChI=1S/C20H19BrN2O3S2/c1-25-15-7-13(8-16(9-15)26-2)10-27-11-14-12-28-20(22-14)23-19(24)17-5-3-4-6-18(17)21/h3-9,12H,10-11H2,1-2H3,(H,22,23,24). The molecule has 3 aromatic rings. The summed E-state index contributed by atoms with van der Waals surface area (Å²) in [7, 11) is 3.29. The Bertz CT molecular complexity index is 940. The molecule has 0 aliphatic carbocycles. The minimum atomic E-state index is -0.176. The number of benzene rings is 2. The number of halogens is 1. The predicted molar refractivity (Wildman–Crippen MR) is 119 cm³/mol. The maximum absolute atomic E-state index is 12.4. The number of aromatic nitrogens is 1. The Balaban J connectivity index is 1.55. The Labute approximate surface area is 180 Å². The summed E-state index contributed by atoms with van der Waals surface area (Å²) in [5.41, 5.74) is 2.65. The molecular weight excluding hydrogens is 460 g/mol. The van der Waals surface area contributed by atoms with Crippen molar-refractivity contribution >= 4 is 50.1 Å². The van der Waals surface area contributed by atoms with Gasteiger partial charge >= 0.3 is 0 Å². The van der Waals surface area contributed by atoms with Gasteiger partial charge in [-0.2, -0.15) is 11.8 Å². The van der Waals surface area contributed by atoms with E-state index in [1.54, 1.807) is 32.0 Å². The monoisotopic (exact) mass is 478 g/mol. The summed E-state index contributed by atoms with van der Waals surface area (Å²) in [6.07, 6.45) is 0. The van der Waals surface area contributed by atoms with Gasteiger partial charge in [0.2, 0.25) is 0 Å². The van der Waals surface area contributed by atoms with E-state index in [9.17, 15) is 4.79 Å². The number of carbonyl (C=O) groups excluding carboxylic acids is 1. The fourth-order valence-corrected chi connectivity index (χ4v) is 4.60. The van der Waals surface area contributed by atoms with Crippen molar-refractivity contribution in [3.05, 3.63) is 69.1 Å². The molecule has 0 atom stereocenters. The van der Waals surface area contributed by atoms with Crippen LogP contribution in [0.15, 0.2) is 52.3 Å². The molecule has 1 amide bonds. The number of hydrogen-bond acceptors (Lipinski definition) is 6. The Morgan fingerprint density at radius 1 is 1.14 bits per heavy atom. The lowest BCUT2D eigenvalue weighted by atomic mass is 10.2. The zero-order chi connectivity index (χ0) is 19.9. The maximum atomic E-state index is 12.4. The van der Waals surface area contributed by atoms with Crippen LogP contribution in [-0.2, 0) is 11.5 Å². The molecule has 1 N–H and O–H groups in total. The van der Waals surface area contributed by atoms with E-state index in [1.165, 1.54) is 11.3 Å². The van der Waals surface area contributed by atoms with E-state index >= 15 is 0 Å². The van der Waals surface area contributed by atoms with Gasteiger partial charge in [-0.1, -0.05) is 12.1 Å². The average molecular weight is 479 g/mol. The van der Waals surface area contributed by atoms with Crippen LogP contribution in [0.1, 0.15) is 21.6 Å². The number of carbonyl (C=O) groups is 1. The van der Waals surface area contributed by atoms with Crippen molar-refractivity contribution in [2.24, 2.45) is 0 Å². The second-order valence-corrected chi connectivity index (χ2v) is 8.49. The van der Waals surface area contributed by atoms with E-state index in [0.717, 1.165) is 38.7 Å². The molecule has 0 saturated heterocycles. The largest absolute Gasteiger partial charge is 0.497 e. The first-order valence-corrected chi connectivity index (χ1v) is 11.2. The van der Waals surface area contributed by atoms with Crippen molar-refractivity contribution in [3.8, 4) is 11.5 Å². The molecule has 0 aliphatic rings. The third kappa shape index (κ3) is 5.50. The minimum absolute atomic E-state index is 0.176. The normalized spacial score (nSPS) is 10.5. The third-order valence-electron chi connectivity index (χ3n) is 3.82. The fraction of sp³-hybridized carbons (Fsp3) is 0.200. The summed E-state index contributed by atoms with van der Waals surface area (Å²) in [6, 6.07) is 13.2. The molecule has 2 aromatic carbocycles. The molecule has 8 heteroatoms. The number of thiazole rings is 1. The zero-order valence-corrected chi connectivity index (χ0v) is 18.6. The fourth-order valence-electron chi connectivity index (χ4n) is 2.46. The van der Waals surface area contributed by atoms with E-state index in [-0.39, 0.29) is 5.91 Å². The molecule has 1 aromatic heterocycles. The van der Waals surface area contributed by atoms with E-state index < -0.39 is 0 Å². The van der Waals surface area contributed by atoms with E-state index in [1.807, 2.05) is 41.8 Å². The second-order valence-electron chi connectivity index (χ2n) is 5.79. The van der Waals surface area contributed by atoms with E-state index in [2.05, 4.69) is 26.2 Å². The summed E-state index contributed by atoms with van der Waals surface area (Å²) in [6.45, 7) is 0. The first kappa shape index (κ1) is 20.7. The summed E-state index contributed by atoms with van der Waals surface area (Å²) < 4.78 is 11.4. The molecule has 146 valence electrons. The van der Waals surface area contributed by atoms with Crippen molar-refractivity contribution in [3.63, 3.8) is 0 Å². The van der Waals surface area contributed by atoms with Gasteiger partial charge in [0.1, 0.15) is 11.5 Å². The van der Waals surface area contributed by atoms with Gasteiger partial charge in [-0.05, 0) is 45.8 Å². The van der Waals surface area contributed by atoms with Gasteiger partial charge in [0.15, 0.2) is 5.13 Å². The van der Waals surface area contributed by atoms with Crippen LogP contribution >= 0.6 is 39.0 Å². The number of thioether (sulfide) groups is 1. The molecular formula is C20H19BrN2O3S2. The van der Waals surface area contributed by atoms with Gasteiger partial charge in [-0.3, -0.25) is 10.1 Å². The Kier molecular flexibility index (Phi) is 7.36. The van der Waals surface area contributed by atoms with Crippen LogP contribution in [0, 0.1) is 0 Å². The smallest absolute Gasteiger partial charge is 0.258 e. The summed E-state index contributed by atoms with van der Waals surface area (Å²) >= 11 is 6.56. The van der Waals surface area contributed by atoms with Gasteiger partial charge in [-0.15, -0.1) is 11.3 Å². The highest BCUT2D eigenvalue weighted by Gasteiger charge is 2.12. The quantitative estimate of drug-likeness (QED) is 0.455. The van der Waals surface area contributed by atoms with Gasteiger partial charge in [0.05, 0.1) is 25.5 Å². The van der Waals surface area contributed by atoms with Crippen molar-refractivity contribution in [1.29, 1.82) is 0 Å². The lowest BCUT2D eigenvalue weighted by Gasteiger charge is -2.08. The highest BCUT2D eigenvalue weighted by molar-refractivity contribution is 9.10. The minimum Gasteiger partial charge on any atom is -0.497 e. The summed E-state index contributed by atoms with van der Waals surface area (Å²) in [5.74, 6) is 2.94. The first-order chi connectivity index (χ1) is 13.6. The second kappa shape index (κ2) is 9.95. The van der Waals surface area contributed by atoms with Crippen LogP contribution in [0.2, 0.25) is 0 Å². The molecule has 0 aliphatic heterocycles. The number of rotatable bonds is 8. The van der Waals surface area contributed by atoms with Gasteiger partial charge in [-0.25, -0.2) is 4.98 Å². The molecule has 0 saturated carbocycles. The number of ether oxygens (including phenoxy) is 2. The molecule has 1 heterocycles. The average Bonchev–Trinajstić information content (AvgIpc) is 3.15. The van der Waals surface area contributed by atoms with E-state index in [0.29, 0.717) is 10.7 Å². The third-order valence-corrected chi connectivity index (χ3v) is 6.36. The Morgan fingerprint density at radius 2 is 1.86 bits per heavy atom. The van der Waals surface area contributed by atoms with E-state index in [4.69, 9.17) is 9.47 Å². The number of nitrogens with one attached hydrogen (secondary N) is 1. The molecule has 0 bridgehead atoms. The molecule has 3 rings (SSSR count). The Morgan fingerprint density at radius 3 is 2.54 bits per heavy atom. The SMILES string of the molecule is COc1cc(CSCc2csc(NC(=O)c3ccccc3Br)n2)cc(OC)c1. The van der Waals surface area contributed by atoms with Gasteiger partial charge in [0, 0.05) is 27.4 Å². The van der Waals surface area contributed by atoms with Gasteiger partial charge in [0.25, 0.3) is 5.91 Å². The van der Waals surface area contributed by atoms with Crippen molar-refractivity contribution in [2.75, 3.05) is 19.5 Å². The molecule has 0 unspecified atom stereocenters. The van der Waals surface area contributed by atoms with Crippen LogP contribution in [0.25, 0.3) is 0 Å². The topological polar surface area (TPSA) is 60.5 Å². The Hall–Kier alpha value is -2.03. The van der Waals surface area contributed by atoms with Crippen molar-refractivity contribution in [1.82, 2.24) is 4.98 Å². The van der Waals surface area contributed by atoms with Crippen LogP contribution in [0.5, 0.6) is 11.5 Å². The lowest BCUT2D eigenvalue weighted by Crippen LogP contribution is -2.12. The molecule has 0 spiro atoms. The van der Waals surface area contributed by atoms with Crippen molar-refractivity contribution < 1.29 is 14.3 Å². The van der Waals surface area contributed by atoms with Crippen LogP contribution < -0.4 is 14.8 Å². The first-order valence-electron chi connectivity index (χ1n) is 8.39. The summed E-state index contributed by atoms with van der Waals surface area (Å²) in [5, 5.41) is 5.42. The highest BCUT2D eigenvalue weighted by Crippen LogP contribution is 2.27. The maximum Gasteiger partial charge on any atom is 0.258 e. The zero-order valence-electron chi connectivity index (χ0n) is 15.4. The van der Waals surface area contributed by atoms with Gasteiger partial charge < -0.3 is 9.47 Å². The molecule has 0 fully saturated rings.